The van der Waals surface area contributed by atoms with Crippen molar-refractivity contribution in [3.63, 3.8) is 0 Å². The van der Waals surface area contributed by atoms with Gasteiger partial charge in [0.05, 0.1) is 4.90 Å². The highest BCUT2D eigenvalue weighted by atomic mass is 35.5. The van der Waals surface area contributed by atoms with Crippen molar-refractivity contribution in [3.8, 4) is 5.75 Å². The molecule has 0 spiro atoms. The topological polar surface area (TPSA) is 130 Å². The second-order valence-electron chi connectivity index (χ2n) is 5.42. The first kappa shape index (κ1) is 20.7. The number of nitrogens with one attached hydrogen (secondary N) is 1. The van der Waals surface area contributed by atoms with E-state index in [1.807, 2.05) is 0 Å². The molecule has 10 heteroatoms. The van der Waals surface area contributed by atoms with Crippen LogP contribution in [0.5, 0.6) is 5.75 Å². The van der Waals surface area contributed by atoms with E-state index in [4.69, 9.17) is 26.6 Å². The highest BCUT2D eigenvalue weighted by Gasteiger charge is 2.27. The molecule has 2 aromatic carbocycles. The van der Waals surface area contributed by atoms with E-state index in [2.05, 4.69) is 4.72 Å². The molecule has 2 rings (SSSR count). The van der Waals surface area contributed by atoms with Crippen LogP contribution in [0.4, 0.5) is 0 Å². The lowest BCUT2D eigenvalue weighted by atomic mass is 10.1. The van der Waals surface area contributed by atoms with Crippen LogP contribution in [0.25, 0.3) is 0 Å². The van der Waals surface area contributed by atoms with Crippen LogP contribution < -0.4 is 9.46 Å². The molecule has 0 saturated carbocycles. The lowest BCUT2D eigenvalue weighted by molar-refractivity contribution is -0.159. The SMILES string of the molecule is O=C(O)C(Oc1cccc(CCNS(=O)(=O)c2ccc(Cl)cc2)c1)C(=O)O. The van der Waals surface area contributed by atoms with Crippen molar-refractivity contribution in [3.05, 3.63) is 59.1 Å². The molecule has 3 N–H and O–H groups in total. The molecule has 0 aliphatic rings. The van der Waals surface area contributed by atoms with Gasteiger partial charge in [-0.2, -0.15) is 0 Å². The summed E-state index contributed by atoms with van der Waals surface area (Å²) in [5.41, 5.74) is 0.640. The Bertz CT molecular complexity index is 915. The van der Waals surface area contributed by atoms with Crippen LogP contribution in [0, 0.1) is 0 Å². The zero-order chi connectivity index (χ0) is 20.0. The molecule has 0 saturated heterocycles. The molecule has 27 heavy (non-hydrogen) atoms. The molecular weight excluding hydrogens is 398 g/mol. The normalized spacial score (nSPS) is 11.3. The molecule has 0 amide bonds. The van der Waals surface area contributed by atoms with Gasteiger partial charge in [0.25, 0.3) is 6.10 Å². The standard InChI is InChI=1S/C17H16ClNO7S/c18-12-4-6-14(7-5-12)27(24,25)19-9-8-11-2-1-3-13(10-11)26-15(16(20)21)17(22)23/h1-7,10,15,19H,8-9H2,(H,20,21)(H,22,23). The molecule has 8 nitrogen and oxygen atoms in total. The summed E-state index contributed by atoms with van der Waals surface area (Å²) in [4.78, 5) is 21.8. The van der Waals surface area contributed by atoms with Gasteiger partial charge >= 0.3 is 11.9 Å². The fourth-order valence-electron chi connectivity index (χ4n) is 2.14. The fourth-order valence-corrected chi connectivity index (χ4v) is 3.30. The summed E-state index contributed by atoms with van der Waals surface area (Å²) < 4.78 is 31.8. The quantitative estimate of drug-likeness (QED) is 0.534. The van der Waals surface area contributed by atoms with Gasteiger partial charge in [-0.25, -0.2) is 22.7 Å². The average molecular weight is 414 g/mol. The first-order valence-corrected chi connectivity index (χ1v) is 9.51. The Labute approximate surface area is 160 Å². The number of sulfonamides is 1. The summed E-state index contributed by atoms with van der Waals surface area (Å²) >= 11 is 5.74. The predicted molar refractivity (Wildman–Crippen MR) is 96.5 cm³/mol. The van der Waals surface area contributed by atoms with Gasteiger partial charge in [0.2, 0.25) is 10.0 Å². The summed E-state index contributed by atoms with van der Waals surface area (Å²) in [5.74, 6) is -3.19. The molecule has 0 bridgehead atoms. The van der Waals surface area contributed by atoms with Gasteiger partial charge in [-0.05, 0) is 48.4 Å². The largest absolute Gasteiger partial charge is 0.478 e. The first-order chi connectivity index (χ1) is 12.7. The van der Waals surface area contributed by atoms with Crippen LogP contribution in [-0.4, -0.2) is 43.2 Å². The van der Waals surface area contributed by atoms with Crippen molar-refractivity contribution >= 4 is 33.6 Å². The molecule has 0 aromatic heterocycles. The van der Waals surface area contributed by atoms with E-state index >= 15 is 0 Å². The lowest BCUT2D eigenvalue weighted by Crippen LogP contribution is -2.35. The van der Waals surface area contributed by atoms with E-state index < -0.39 is 28.1 Å². The van der Waals surface area contributed by atoms with Gasteiger partial charge in [-0.1, -0.05) is 23.7 Å². The number of aliphatic carboxylic acids is 2. The second-order valence-corrected chi connectivity index (χ2v) is 7.63. The zero-order valence-corrected chi connectivity index (χ0v) is 15.4. The van der Waals surface area contributed by atoms with E-state index in [9.17, 15) is 18.0 Å². The van der Waals surface area contributed by atoms with Crippen molar-refractivity contribution in [2.24, 2.45) is 0 Å². The van der Waals surface area contributed by atoms with Gasteiger partial charge in [-0.15, -0.1) is 0 Å². The van der Waals surface area contributed by atoms with Crippen LogP contribution in [0.15, 0.2) is 53.4 Å². The Kier molecular flexibility index (Phi) is 6.78. The third-order valence-corrected chi connectivity index (χ3v) is 5.16. The van der Waals surface area contributed by atoms with Crippen LogP contribution in [0.1, 0.15) is 5.56 Å². The molecule has 144 valence electrons. The van der Waals surface area contributed by atoms with Gasteiger partial charge < -0.3 is 14.9 Å². The number of carboxylic acid groups (broad SMARTS) is 2. The van der Waals surface area contributed by atoms with Crippen molar-refractivity contribution < 1.29 is 33.0 Å². The Morgan fingerprint density at radius 2 is 1.70 bits per heavy atom. The summed E-state index contributed by atoms with van der Waals surface area (Å²) in [7, 11) is -3.69. The molecule has 0 aliphatic carbocycles. The van der Waals surface area contributed by atoms with Crippen LogP contribution in [0.3, 0.4) is 0 Å². The Hall–Kier alpha value is -2.62. The number of carboxylic acids is 2. The van der Waals surface area contributed by atoms with E-state index in [0.29, 0.717) is 10.6 Å². The number of carbonyl (C=O) groups is 2. The number of benzene rings is 2. The van der Waals surface area contributed by atoms with Crippen molar-refractivity contribution in [1.82, 2.24) is 4.72 Å². The van der Waals surface area contributed by atoms with Crippen molar-refractivity contribution in [2.45, 2.75) is 17.4 Å². The van der Waals surface area contributed by atoms with Crippen LogP contribution in [-0.2, 0) is 26.0 Å². The van der Waals surface area contributed by atoms with E-state index in [-0.39, 0.29) is 23.6 Å². The minimum absolute atomic E-state index is 0.0582. The smallest absolute Gasteiger partial charge is 0.356 e. The highest BCUT2D eigenvalue weighted by molar-refractivity contribution is 7.89. The van der Waals surface area contributed by atoms with Gasteiger partial charge in [0.1, 0.15) is 5.75 Å². The Morgan fingerprint density at radius 3 is 2.30 bits per heavy atom. The second kappa shape index (κ2) is 8.85. The molecule has 2 aromatic rings. The van der Waals surface area contributed by atoms with Gasteiger partial charge in [0.15, 0.2) is 0 Å². The molecule has 0 fully saturated rings. The summed E-state index contributed by atoms with van der Waals surface area (Å²) in [6.45, 7) is 0.0791. The maximum atomic E-state index is 12.2. The van der Waals surface area contributed by atoms with Crippen LogP contribution >= 0.6 is 11.6 Å². The predicted octanol–water partition coefficient (Wildman–Crippen LogP) is 1.78. The zero-order valence-electron chi connectivity index (χ0n) is 13.8. The highest BCUT2D eigenvalue weighted by Crippen LogP contribution is 2.17. The van der Waals surface area contributed by atoms with E-state index in [1.165, 1.54) is 36.4 Å². The molecule has 0 aliphatic heterocycles. The number of hydrogen-bond donors (Lipinski definition) is 3. The van der Waals surface area contributed by atoms with Crippen molar-refractivity contribution in [2.75, 3.05) is 6.54 Å². The van der Waals surface area contributed by atoms with Crippen LogP contribution in [0.2, 0.25) is 5.02 Å². The molecular formula is C17H16ClNO7S. The van der Waals surface area contributed by atoms with Gasteiger partial charge in [0, 0.05) is 11.6 Å². The number of halogens is 1. The Balaban J connectivity index is 1.99. The average Bonchev–Trinajstić information content (AvgIpc) is 2.60. The molecule has 0 unspecified atom stereocenters. The van der Waals surface area contributed by atoms with E-state index in [0.717, 1.165) is 0 Å². The molecule has 0 heterocycles. The summed E-state index contributed by atoms with van der Waals surface area (Å²) in [6, 6.07) is 11.8. The van der Waals surface area contributed by atoms with Crippen molar-refractivity contribution in [1.29, 1.82) is 0 Å². The maximum absolute atomic E-state index is 12.2. The monoisotopic (exact) mass is 413 g/mol. The summed E-state index contributed by atoms with van der Waals surface area (Å²) in [5, 5.41) is 18.1. The number of hydrogen-bond acceptors (Lipinski definition) is 5. The third-order valence-electron chi connectivity index (χ3n) is 3.43. The molecule has 0 atom stereocenters. The number of ether oxygens (including phenoxy) is 1. The fraction of sp³-hybridized carbons (Fsp3) is 0.176. The number of rotatable bonds is 9. The lowest BCUT2D eigenvalue weighted by Gasteiger charge is -2.12. The summed E-state index contributed by atoms with van der Waals surface area (Å²) in [6.07, 6.45) is -1.74. The molecule has 0 radical (unpaired) electrons. The minimum Gasteiger partial charge on any atom is -0.478 e. The minimum atomic E-state index is -3.69. The van der Waals surface area contributed by atoms with E-state index in [1.54, 1.807) is 12.1 Å². The maximum Gasteiger partial charge on any atom is 0.356 e. The third kappa shape index (κ3) is 5.95. The van der Waals surface area contributed by atoms with Gasteiger partial charge in [-0.3, -0.25) is 0 Å². The Morgan fingerprint density at radius 1 is 1.07 bits per heavy atom. The first-order valence-electron chi connectivity index (χ1n) is 7.65.